The van der Waals surface area contributed by atoms with E-state index < -0.39 is 6.04 Å². The number of methoxy groups -OCH3 is 1. The van der Waals surface area contributed by atoms with Crippen molar-refractivity contribution < 1.29 is 14.3 Å². The number of benzene rings is 2. The molecule has 180 valence electrons. The molecule has 1 aliphatic heterocycles. The fourth-order valence-corrected chi connectivity index (χ4v) is 5.44. The van der Waals surface area contributed by atoms with E-state index in [2.05, 4.69) is 24.1 Å². The predicted octanol–water partition coefficient (Wildman–Crippen LogP) is 5.57. The molecule has 1 aliphatic carbocycles. The van der Waals surface area contributed by atoms with Crippen LogP contribution in [0.3, 0.4) is 0 Å². The summed E-state index contributed by atoms with van der Waals surface area (Å²) < 4.78 is 6.91. The second-order valence-corrected chi connectivity index (χ2v) is 10.9. The van der Waals surface area contributed by atoms with Gasteiger partial charge >= 0.3 is 0 Å². The minimum Gasteiger partial charge on any atom is -0.497 e. The van der Waals surface area contributed by atoms with E-state index in [-0.39, 0.29) is 22.7 Å². The number of carbonyl (C=O) groups is 2. The van der Waals surface area contributed by atoms with E-state index in [9.17, 15) is 9.59 Å². The number of ketones is 2. The van der Waals surface area contributed by atoms with Gasteiger partial charge in [-0.1, -0.05) is 49.3 Å². The summed E-state index contributed by atoms with van der Waals surface area (Å²) in [5.74, 6) is 1.54. The Labute approximate surface area is 212 Å². The topological polar surface area (TPSA) is 86.1 Å². The first kappa shape index (κ1) is 23.6. The van der Waals surface area contributed by atoms with Gasteiger partial charge in [-0.25, -0.2) is 4.68 Å². The molecule has 2 aliphatic rings. The molecular weight excluding hydrogens is 484 g/mol. The summed E-state index contributed by atoms with van der Waals surface area (Å²) in [6, 6.07) is 14.1. The lowest BCUT2D eigenvalue weighted by molar-refractivity contribution is -0.118. The van der Waals surface area contributed by atoms with Crippen LogP contribution in [0.5, 0.6) is 5.75 Å². The number of thioether (sulfide) groups is 1. The van der Waals surface area contributed by atoms with Crippen LogP contribution in [-0.4, -0.2) is 39.2 Å². The summed E-state index contributed by atoms with van der Waals surface area (Å²) in [4.78, 5) is 30.6. The average molecular weight is 509 g/mol. The fraction of sp³-hybridized carbons (Fsp3) is 0.308. The third kappa shape index (κ3) is 4.73. The second kappa shape index (κ2) is 9.17. The van der Waals surface area contributed by atoms with E-state index in [1.54, 1.807) is 36.1 Å². The van der Waals surface area contributed by atoms with Gasteiger partial charge < -0.3 is 10.1 Å². The second-order valence-electron chi connectivity index (χ2n) is 9.52. The van der Waals surface area contributed by atoms with Crippen molar-refractivity contribution in [2.75, 3.05) is 18.2 Å². The van der Waals surface area contributed by atoms with Gasteiger partial charge in [0.25, 0.3) is 0 Å². The van der Waals surface area contributed by atoms with E-state index in [0.29, 0.717) is 33.9 Å². The lowest BCUT2D eigenvalue weighted by Gasteiger charge is -2.38. The monoisotopic (exact) mass is 508 g/mol. The number of rotatable bonds is 6. The lowest BCUT2D eigenvalue weighted by Crippen LogP contribution is -2.36. The number of nitrogens with one attached hydrogen (secondary N) is 1. The van der Waals surface area contributed by atoms with Gasteiger partial charge in [-0.3, -0.25) is 9.59 Å². The van der Waals surface area contributed by atoms with Crippen molar-refractivity contribution in [3.63, 3.8) is 0 Å². The summed E-state index contributed by atoms with van der Waals surface area (Å²) in [5, 5.41) is 9.16. The molecule has 7 nitrogen and oxygen atoms in total. The molecule has 3 aromatic rings. The van der Waals surface area contributed by atoms with Crippen LogP contribution in [-0.2, 0) is 4.79 Å². The zero-order valence-corrected chi connectivity index (χ0v) is 21.2. The Kier molecular flexibility index (Phi) is 6.19. The van der Waals surface area contributed by atoms with Crippen molar-refractivity contribution >= 4 is 40.9 Å². The van der Waals surface area contributed by atoms with E-state index in [1.165, 1.54) is 11.8 Å². The van der Waals surface area contributed by atoms with Crippen molar-refractivity contribution in [3.05, 3.63) is 76.0 Å². The Bertz CT molecular complexity index is 1330. The molecule has 0 spiro atoms. The molecule has 5 rings (SSSR count). The average Bonchev–Trinajstić information content (AvgIpc) is 3.23. The SMILES string of the molecule is COc1ccc(C(=O)CSc2nc3n(n2)[C@H](c2ccc(Cl)cc2)C2=C(CC(C)(C)CC2=O)N3)cc1. The van der Waals surface area contributed by atoms with Gasteiger partial charge in [-0.05, 0) is 53.8 Å². The number of nitrogens with zero attached hydrogens (tertiary/aromatic N) is 3. The van der Waals surface area contributed by atoms with Crippen LogP contribution in [0.15, 0.2) is 65.0 Å². The molecule has 1 N–H and O–H groups in total. The van der Waals surface area contributed by atoms with Crippen molar-refractivity contribution in [2.45, 2.75) is 37.9 Å². The maximum Gasteiger partial charge on any atom is 0.227 e. The van der Waals surface area contributed by atoms with Crippen LogP contribution in [0.1, 0.15) is 48.7 Å². The first-order chi connectivity index (χ1) is 16.7. The Morgan fingerprint density at radius 3 is 2.57 bits per heavy atom. The molecule has 35 heavy (non-hydrogen) atoms. The molecule has 0 amide bonds. The Balaban J connectivity index is 1.44. The van der Waals surface area contributed by atoms with Crippen LogP contribution in [0.25, 0.3) is 0 Å². The van der Waals surface area contributed by atoms with Crippen molar-refractivity contribution in [2.24, 2.45) is 5.41 Å². The highest BCUT2D eigenvalue weighted by Crippen LogP contribution is 2.45. The Morgan fingerprint density at radius 2 is 1.89 bits per heavy atom. The van der Waals surface area contributed by atoms with E-state index >= 15 is 0 Å². The predicted molar refractivity (Wildman–Crippen MR) is 136 cm³/mol. The number of halogens is 1. The molecule has 9 heteroatoms. The summed E-state index contributed by atoms with van der Waals surface area (Å²) >= 11 is 7.40. The molecule has 1 aromatic heterocycles. The van der Waals surface area contributed by atoms with Gasteiger partial charge in [-0.2, -0.15) is 4.98 Å². The quantitative estimate of drug-likeness (QED) is 0.344. The molecule has 0 bridgehead atoms. The van der Waals surface area contributed by atoms with Crippen LogP contribution >= 0.6 is 23.4 Å². The molecular formula is C26H25ClN4O3S. The number of fused-ring (bicyclic) bond motifs is 1. The normalized spacial score (nSPS) is 18.5. The lowest BCUT2D eigenvalue weighted by atomic mass is 9.73. The van der Waals surface area contributed by atoms with Gasteiger partial charge in [0.2, 0.25) is 11.1 Å². The molecule has 2 aromatic carbocycles. The first-order valence-electron chi connectivity index (χ1n) is 11.3. The molecule has 0 radical (unpaired) electrons. The smallest absolute Gasteiger partial charge is 0.227 e. The third-order valence-electron chi connectivity index (χ3n) is 6.24. The molecule has 1 atom stereocenters. The van der Waals surface area contributed by atoms with Gasteiger partial charge in [0.15, 0.2) is 11.6 Å². The first-order valence-corrected chi connectivity index (χ1v) is 12.7. The highest BCUT2D eigenvalue weighted by Gasteiger charge is 2.41. The number of ether oxygens (including phenoxy) is 1. The number of hydrogen-bond donors (Lipinski definition) is 1. The highest BCUT2D eigenvalue weighted by molar-refractivity contribution is 7.99. The summed E-state index contributed by atoms with van der Waals surface area (Å²) in [6.07, 6.45) is 1.21. The number of allylic oxidation sites excluding steroid dienone is 2. The zero-order valence-electron chi connectivity index (χ0n) is 19.7. The highest BCUT2D eigenvalue weighted by atomic mass is 35.5. The summed E-state index contributed by atoms with van der Waals surface area (Å²) in [7, 11) is 1.59. The van der Waals surface area contributed by atoms with Crippen molar-refractivity contribution in [1.82, 2.24) is 14.8 Å². The maximum atomic E-state index is 13.3. The molecule has 0 saturated carbocycles. The number of anilines is 1. The molecule has 0 unspecified atom stereocenters. The van der Waals surface area contributed by atoms with Crippen molar-refractivity contribution in [1.29, 1.82) is 0 Å². The minimum absolute atomic E-state index is 0.0259. The molecule has 0 fully saturated rings. The van der Waals surface area contributed by atoms with Crippen LogP contribution < -0.4 is 10.1 Å². The van der Waals surface area contributed by atoms with Crippen molar-refractivity contribution in [3.8, 4) is 5.75 Å². The van der Waals surface area contributed by atoms with E-state index in [0.717, 1.165) is 23.3 Å². The number of carbonyl (C=O) groups excluding carboxylic acids is 2. The van der Waals surface area contributed by atoms with Gasteiger partial charge in [0.05, 0.1) is 12.9 Å². The molecule has 0 saturated heterocycles. The summed E-state index contributed by atoms with van der Waals surface area (Å²) in [6.45, 7) is 4.19. The minimum atomic E-state index is -0.402. The standard InChI is InChI=1S/C26H25ClN4O3S/c1-26(2)12-19-22(20(32)13-26)23(16-4-8-17(27)9-5-16)31-24(28-19)29-25(30-31)35-14-21(33)15-6-10-18(34-3)11-7-15/h4-11,23H,12-14H2,1-3H3,(H,28,29,30)/t23-/m1/s1. The maximum absolute atomic E-state index is 13.3. The number of hydrogen-bond acceptors (Lipinski definition) is 7. The van der Waals surface area contributed by atoms with Crippen LogP contribution in [0.2, 0.25) is 5.02 Å². The van der Waals surface area contributed by atoms with E-state index in [4.69, 9.17) is 21.4 Å². The van der Waals surface area contributed by atoms with E-state index in [1.807, 2.05) is 24.3 Å². The van der Waals surface area contributed by atoms with Crippen LogP contribution in [0.4, 0.5) is 5.95 Å². The molecule has 2 heterocycles. The largest absolute Gasteiger partial charge is 0.497 e. The number of Topliss-reactive ketones (excluding diaryl/α,β-unsaturated/α-hetero) is 2. The zero-order chi connectivity index (χ0) is 24.7. The Hall–Kier alpha value is -3.10. The Morgan fingerprint density at radius 1 is 1.17 bits per heavy atom. The van der Waals surface area contributed by atoms with Crippen LogP contribution in [0, 0.1) is 5.41 Å². The van der Waals surface area contributed by atoms with Gasteiger partial charge in [0, 0.05) is 28.3 Å². The summed E-state index contributed by atoms with van der Waals surface area (Å²) in [5.41, 5.74) is 2.97. The van der Waals surface area contributed by atoms with Gasteiger partial charge in [-0.15, -0.1) is 5.10 Å². The van der Waals surface area contributed by atoms with Gasteiger partial charge in [0.1, 0.15) is 11.8 Å². The third-order valence-corrected chi connectivity index (χ3v) is 7.33. The fourth-order valence-electron chi connectivity index (χ4n) is 4.59. The number of aromatic nitrogens is 3.